The van der Waals surface area contributed by atoms with Crippen LogP contribution in [-0.4, -0.2) is 86.7 Å². The van der Waals surface area contributed by atoms with E-state index in [1.54, 1.807) is 20.8 Å². The van der Waals surface area contributed by atoms with E-state index in [-0.39, 0.29) is 55.5 Å². The monoisotopic (exact) mass is 529 g/mol. The zero-order valence-electron chi connectivity index (χ0n) is 22.6. The molecule has 13 nitrogen and oxygen atoms in total. The van der Waals surface area contributed by atoms with Crippen LogP contribution in [0.2, 0.25) is 0 Å². The van der Waals surface area contributed by atoms with Gasteiger partial charge in [-0.05, 0) is 39.5 Å². The third-order valence-electron chi connectivity index (χ3n) is 5.21. The molecule has 1 rings (SSSR count). The van der Waals surface area contributed by atoms with E-state index in [4.69, 9.17) is 9.47 Å². The number of likely N-dealkylation sites (tertiary alicyclic amines) is 1. The zero-order chi connectivity index (χ0) is 28.2. The number of unbranched alkanes of at least 4 members (excludes halogenated alkanes) is 1. The van der Waals surface area contributed by atoms with E-state index < -0.39 is 18.2 Å². The maximum atomic E-state index is 12.0. The van der Waals surface area contributed by atoms with Gasteiger partial charge in [-0.15, -0.1) is 0 Å². The van der Waals surface area contributed by atoms with Crippen LogP contribution in [0.25, 0.3) is 0 Å². The van der Waals surface area contributed by atoms with E-state index in [0.717, 1.165) is 6.42 Å². The first kappa shape index (κ1) is 33.6. The topological polar surface area (TPSA) is 172 Å². The minimum Gasteiger partial charge on any atom is -0.450 e. The van der Waals surface area contributed by atoms with E-state index in [1.807, 2.05) is 6.92 Å². The van der Waals surface area contributed by atoms with Crippen molar-refractivity contribution < 1.29 is 38.2 Å². The molecular weight excluding hydrogens is 486 g/mol. The molecule has 0 spiro atoms. The van der Waals surface area contributed by atoms with Crippen molar-refractivity contribution in [2.75, 3.05) is 39.9 Å². The summed E-state index contributed by atoms with van der Waals surface area (Å²) in [5, 5.41) is 10.4. The molecule has 0 aromatic rings. The Balaban J connectivity index is 0.000000785. The molecule has 0 aliphatic carbocycles. The molecule has 2 atom stereocenters. The average Bonchev–Trinajstić information content (AvgIpc) is 3.10. The summed E-state index contributed by atoms with van der Waals surface area (Å²) >= 11 is 0. The van der Waals surface area contributed by atoms with Crippen molar-refractivity contribution in [1.29, 1.82) is 0 Å². The van der Waals surface area contributed by atoms with Crippen LogP contribution >= 0.6 is 0 Å². The summed E-state index contributed by atoms with van der Waals surface area (Å²) < 4.78 is 9.55. The van der Waals surface area contributed by atoms with Gasteiger partial charge in [-0.3, -0.25) is 24.1 Å². The molecule has 2 unspecified atom stereocenters. The number of nitrogens with zero attached hydrogens (tertiary/aromatic N) is 1. The van der Waals surface area contributed by atoms with E-state index in [9.17, 15) is 28.8 Å². The molecule has 0 saturated carbocycles. The summed E-state index contributed by atoms with van der Waals surface area (Å²) in [6.07, 6.45) is 2.04. The Morgan fingerprint density at radius 2 is 1.62 bits per heavy atom. The van der Waals surface area contributed by atoms with Gasteiger partial charge in [0.25, 0.3) is 0 Å². The lowest BCUT2D eigenvalue weighted by atomic mass is 10.1. The predicted molar refractivity (Wildman–Crippen MR) is 135 cm³/mol. The molecule has 1 saturated heterocycles. The maximum Gasteiger partial charge on any atom is 0.407 e. The van der Waals surface area contributed by atoms with Crippen LogP contribution in [0.15, 0.2) is 0 Å². The van der Waals surface area contributed by atoms with Gasteiger partial charge in [-0.1, -0.05) is 13.8 Å². The van der Waals surface area contributed by atoms with Gasteiger partial charge in [0, 0.05) is 45.4 Å². The molecule has 4 N–H and O–H groups in total. The van der Waals surface area contributed by atoms with Gasteiger partial charge in [0.2, 0.25) is 23.6 Å². The highest BCUT2D eigenvalue weighted by molar-refractivity contribution is 6.03. The fraction of sp³-hybridized carbons (Fsp3) is 0.750. The Hall–Kier alpha value is -3.38. The lowest BCUT2D eigenvalue weighted by Crippen LogP contribution is -2.47. The standard InChI is InChI=1S/C15H29N3O5.C9H14N2O3/c1-4-10-16-13(19)12(18-15(21)23-6-3)9-7-8-11-17-14(20)22-5-2;1-6-5-8(13)11(9(6)14)4-3-7(12)10-2/h12H,4-11H2,1-3H3,(H,16,19)(H,17,20)(H,18,21);6H,3-5H2,1-2H3,(H,10,12). The number of alkyl carbamates (subject to hydrolysis) is 2. The highest BCUT2D eigenvalue weighted by Crippen LogP contribution is 2.18. The van der Waals surface area contributed by atoms with E-state index >= 15 is 0 Å². The number of hydrogen-bond donors (Lipinski definition) is 4. The third kappa shape index (κ3) is 14.7. The largest absolute Gasteiger partial charge is 0.450 e. The van der Waals surface area contributed by atoms with Crippen LogP contribution in [0.5, 0.6) is 0 Å². The lowest BCUT2D eigenvalue weighted by Gasteiger charge is -2.18. The second-order valence-electron chi connectivity index (χ2n) is 8.26. The van der Waals surface area contributed by atoms with Gasteiger partial charge in [-0.2, -0.15) is 0 Å². The average molecular weight is 530 g/mol. The fourth-order valence-electron chi connectivity index (χ4n) is 3.22. The smallest absolute Gasteiger partial charge is 0.407 e. The second kappa shape index (κ2) is 19.8. The van der Waals surface area contributed by atoms with Crippen LogP contribution in [-0.2, 0) is 28.7 Å². The van der Waals surface area contributed by atoms with Crippen LogP contribution in [0.4, 0.5) is 9.59 Å². The van der Waals surface area contributed by atoms with Crippen molar-refractivity contribution in [3.8, 4) is 0 Å². The molecule has 6 amide bonds. The fourth-order valence-corrected chi connectivity index (χ4v) is 3.22. The molecule has 1 aliphatic rings. The molecule has 0 bridgehead atoms. The maximum absolute atomic E-state index is 12.0. The summed E-state index contributed by atoms with van der Waals surface area (Å²) in [5.41, 5.74) is 0. The van der Waals surface area contributed by atoms with Crippen molar-refractivity contribution in [2.45, 2.75) is 72.3 Å². The molecule has 0 radical (unpaired) electrons. The molecule has 37 heavy (non-hydrogen) atoms. The molecule has 1 heterocycles. The molecule has 1 aliphatic heterocycles. The summed E-state index contributed by atoms with van der Waals surface area (Å²) in [6.45, 7) is 8.91. The first-order chi connectivity index (χ1) is 17.6. The summed E-state index contributed by atoms with van der Waals surface area (Å²) in [6, 6.07) is -0.636. The Bertz CT molecular complexity index is 761. The van der Waals surface area contributed by atoms with E-state index in [2.05, 4.69) is 21.3 Å². The molecule has 0 aromatic carbocycles. The Kier molecular flexibility index (Phi) is 18.0. The van der Waals surface area contributed by atoms with Crippen molar-refractivity contribution in [3.63, 3.8) is 0 Å². The van der Waals surface area contributed by atoms with Crippen LogP contribution < -0.4 is 21.3 Å². The summed E-state index contributed by atoms with van der Waals surface area (Å²) in [7, 11) is 1.53. The Morgan fingerprint density at radius 3 is 2.16 bits per heavy atom. The van der Waals surface area contributed by atoms with Crippen molar-refractivity contribution in [1.82, 2.24) is 26.2 Å². The number of rotatable bonds is 14. The minimum atomic E-state index is -0.636. The van der Waals surface area contributed by atoms with Crippen LogP contribution in [0.3, 0.4) is 0 Å². The van der Waals surface area contributed by atoms with Gasteiger partial charge in [0.15, 0.2) is 0 Å². The zero-order valence-corrected chi connectivity index (χ0v) is 22.6. The first-order valence-corrected chi connectivity index (χ1v) is 12.8. The Labute approximate surface area is 218 Å². The molecule has 1 fully saturated rings. The normalized spacial score (nSPS) is 15.2. The summed E-state index contributed by atoms with van der Waals surface area (Å²) in [5.74, 6) is -0.957. The minimum absolute atomic E-state index is 0.162. The first-order valence-electron chi connectivity index (χ1n) is 12.8. The van der Waals surface area contributed by atoms with E-state index in [1.165, 1.54) is 11.9 Å². The van der Waals surface area contributed by atoms with Crippen molar-refractivity contribution in [2.24, 2.45) is 5.92 Å². The highest BCUT2D eigenvalue weighted by Gasteiger charge is 2.35. The number of carbonyl (C=O) groups excluding carboxylic acids is 6. The third-order valence-corrected chi connectivity index (χ3v) is 5.21. The number of hydrogen-bond acceptors (Lipinski definition) is 8. The second-order valence-corrected chi connectivity index (χ2v) is 8.26. The number of amides is 6. The van der Waals surface area contributed by atoms with Gasteiger partial charge >= 0.3 is 12.2 Å². The number of carbonyl (C=O) groups is 6. The number of imide groups is 1. The quantitative estimate of drug-likeness (QED) is 0.191. The van der Waals surface area contributed by atoms with Crippen LogP contribution in [0, 0.1) is 5.92 Å². The van der Waals surface area contributed by atoms with E-state index in [0.29, 0.717) is 39.0 Å². The van der Waals surface area contributed by atoms with Gasteiger partial charge in [-0.25, -0.2) is 9.59 Å². The number of nitrogens with one attached hydrogen (secondary N) is 4. The lowest BCUT2D eigenvalue weighted by molar-refractivity contribution is -0.139. The SMILES string of the molecule is CCCNC(=O)C(CCCCNC(=O)OCC)NC(=O)OCC.CNC(=O)CCN1C(=O)CC(C)C1=O. The summed E-state index contributed by atoms with van der Waals surface area (Å²) in [4.78, 5) is 69.4. The molecule has 212 valence electrons. The molecule has 13 heteroatoms. The Morgan fingerprint density at radius 1 is 0.973 bits per heavy atom. The van der Waals surface area contributed by atoms with Crippen molar-refractivity contribution >= 4 is 35.8 Å². The highest BCUT2D eigenvalue weighted by atomic mass is 16.6. The van der Waals surface area contributed by atoms with Gasteiger partial charge in [0.05, 0.1) is 13.2 Å². The van der Waals surface area contributed by atoms with Gasteiger partial charge in [0.1, 0.15) is 6.04 Å². The molecular formula is C24H43N5O8. The predicted octanol–water partition coefficient (Wildman–Crippen LogP) is 1.06. The van der Waals surface area contributed by atoms with Crippen molar-refractivity contribution in [3.05, 3.63) is 0 Å². The van der Waals surface area contributed by atoms with Crippen LogP contribution in [0.1, 0.15) is 66.2 Å². The molecule has 0 aromatic heterocycles. The van der Waals surface area contributed by atoms with Gasteiger partial charge < -0.3 is 30.7 Å². The number of ether oxygens (including phenoxy) is 2.